The first-order chi connectivity index (χ1) is 11.6. The topological polar surface area (TPSA) is 212 Å². The lowest BCUT2D eigenvalue weighted by atomic mass is 10.2. The monoisotopic (exact) mass is 350 g/mol. The Hall–Kier alpha value is -4.16. The molecule has 13 heteroatoms. The summed E-state index contributed by atoms with van der Waals surface area (Å²) in [6, 6.07) is 6.17. The molecule has 0 unspecified atom stereocenters. The number of amidine groups is 1. The molecule has 0 bridgehead atoms. The summed E-state index contributed by atoms with van der Waals surface area (Å²) in [5, 5.41) is 47.2. The second-order valence-electron chi connectivity index (χ2n) is 4.23. The van der Waals surface area contributed by atoms with E-state index >= 15 is 0 Å². The van der Waals surface area contributed by atoms with Gasteiger partial charge in [-0.2, -0.15) is 0 Å². The normalized spacial score (nSPS) is 9.44. The number of nitrogens with one attached hydrogen (secondary N) is 1. The molecule has 0 aliphatic heterocycles. The first-order valence-corrected chi connectivity index (χ1v) is 6.20. The standard InChI is InChI=1S/C6H3N3O7.C6H7N3/c10-6-4(8(13)14)1-3(7(11)12)2-5(6)9(15)16;7-6(8)5-3-1-2-4-9-5/h1-2,10H;1-4H,(H3,7,8). The summed E-state index contributed by atoms with van der Waals surface area (Å²) in [6.07, 6.45) is 1.61. The number of aromatic hydroxyl groups is 1. The molecule has 0 spiro atoms. The average Bonchev–Trinajstić information content (AvgIpc) is 2.55. The van der Waals surface area contributed by atoms with Gasteiger partial charge in [0.25, 0.3) is 11.4 Å². The molecule has 2 rings (SSSR count). The molecule has 0 radical (unpaired) electrons. The number of non-ortho nitro benzene ring substituents is 1. The van der Waals surface area contributed by atoms with Crippen LogP contribution in [0.4, 0.5) is 17.1 Å². The van der Waals surface area contributed by atoms with Gasteiger partial charge in [0.1, 0.15) is 11.5 Å². The number of pyridine rings is 1. The van der Waals surface area contributed by atoms with Crippen LogP contribution in [0.3, 0.4) is 0 Å². The highest BCUT2D eigenvalue weighted by molar-refractivity contribution is 5.92. The van der Waals surface area contributed by atoms with Crippen molar-refractivity contribution in [3.05, 3.63) is 72.6 Å². The highest BCUT2D eigenvalue weighted by Gasteiger charge is 2.30. The van der Waals surface area contributed by atoms with E-state index in [9.17, 15) is 30.3 Å². The Labute approximate surface area is 138 Å². The van der Waals surface area contributed by atoms with Crippen molar-refractivity contribution in [2.75, 3.05) is 0 Å². The first kappa shape index (κ1) is 18.9. The number of phenolic OH excluding ortho intramolecular Hbond substituents is 1. The fourth-order valence-corrected chi connectivity index (χ4v) is 1.50. The lowest BCUT2D eigenvalue weighted by molar-refractivity contribution is -0.404. The summed E-state index contributed by atoms with van der Waals surface area (Å²) in [4.78, 5) is 31.6. The van der Waals surface area contributed by atoms with Gasteiger partial charge in [0, 0.05) is 6.20 Å². The minimum Gasteiger partial charge on any atom is -0.497 e. The number of nitrogens with zero attached hydrogens (tertiary/aromatic N) is 4. The Balaban J connectivity index is 0.000000293. The fraction of sp³-hybridized carbons (Fsp3) is 0. The van der Waals surface area contributed by atoms with Crippen molar-refractivity contribution in [1.29, 1.82) is 5.41 Å². The van der Waals surface area contributed by atoms with Crippen molar-refractivity contribution >= 4 is 22.9 Å². The average molecular weight is 350 g/mol. The van der Waals surface area contributed by atoms with Gasteiger partial charge in [-0.3, -0.25) is 40.7 Å². The van der Waals surface area contributed by atoms with Crippen LogP contribution >= 0.6 is 0 Å². The quantitative estimate of drug-likeness (QED) is 0.314. The summed E-state index contributed by atoms with van der Waals surface area (Å²) in [5.41, 5.74) is 2.66. The summed E-state index contributed by atoms with van der Waals surface area (Å²) < 4.78 is 0. The molecular weight excluding hydrogens is 340 g/mol. The van der Waals surface area contributed by atoms with Gasteiger partial charge in [-0.1, -0.05) is 6.07 Å². The smallest absolute Gasteiger partial charge is 0.324 e. The van der Waals surface area contributed by atoms with Crippen LogP contribution in [0.2, 0.25) is 0 Å². The molecule has 130 valence electrons. The molecule has 13 nitrogen and oxygen atoms in total. The number of nitro groups is 3. The summed E-state index contributed by atoms with van der Waals surface area (Å²) in [5.74, 6) is -1.20. The minimum atomic E-state index is -1.21. The third kappa shape index (κ3) is 4.92. The number of nitrogen functional groups attached to an aromatic ring is 1. The zero-order valence-corrected chi connectivity index (χ0v) is 12.2. The molecule has 0 aliphatic carbocycles. The van der Waals surface area contributed by atoms with Gasteiger partial charge in [0.15, 0.2) is 0 Å². The lowest BCUT2D eigenvalue weighted by Gasteiger charge is -1.97. The minimum absolute atomic E-state index is 0.00981. The molecule has 0 amide bonds. The summed E-state index contributed by atoms with van der Waals surface area (Å²) in [7, 11) is 0. The maximum atomic E-state index is 10.4. The van der Waals surface area contributed by atoms with E-state index in [0.29, 0.717) is 17.8 Å². The Morgan fingerprint density at radius 1 is 1.04 bits per heavy atom. The van der Waals surface area contributed by atoms with Crippen molar-refractivity contribution < 1.29 is 19.9 Å². The van der Waals surface area contributed by atoms with Gasteiger partial charge in [0.05, 0.1) is 26.9 Å². The Bertz CT molecular complexity index is 804. The van der Waals surface area contributed by atoms with Crippen molar-refractivity contribution in [3.8, 4) is 5.75 Å². The number of nitro benzene ring substituents is 3. The molecule has 0 atom stereocenters. The van der Waals surface area contributed by atoms with Crippen molar-refractivity contribution in [3.63, 3.8) is 0 Å². The second kappa shape index (κ2) is 7.91. The van der Waals surface area contributed by atoms with Crippen molar-refractivity contribution in [2.24, 2.45) is 5.73 Å². The van der Waals surface area contributed by atoms with E-state index in [1.807, 2.05) is 0 Å². The lowest BCUT2D eigenvalue weighted by Crippen LogP contribution is -2.12. The van der Waals surface area contributed by atoms with Gasteiger partial charge in [0.2, 0.25) is 0 Å². The maximum absolute atomic E-state index is 10.4. The molecule has 1 aromatic heterocycles. The number of phenols is 1. The molecular formula is C12H10N6O7. The van der Waals surface area contributed by atoms with E-state index < -0.39 is 37.6 Å². The van der Waals surface area contributed by atoms with Gasteiger partial charge in [-0.25, -0.2) is 0 Å². The van der Waals surface area contributed by atoms with Crippen LogP contribution in [0.15, 0.2) is 36.5 Å². The maximum Gasteiger partial charge on any atom is 0.324 e. The fourth-order valence-electron chi connectivity index (χ4n) is 1.50. The second-order valence-corrected chi connectivity index (χ2v) is 4.23. The van der Waals surface area contributed by atoms with Crippen molar-refractivity contribution in [1.82, 2.24) is 4.98 Å². The highest BCUT2D eigenvalue weighted by Crippen LogP contribution is 2.38. The van der Waals surface area contributed by atoms with E-state index in [-0.39, 0.29) is 5.84 Å². The number of hydrogen-bond donors (Lipinski definition) is 3. The van der Waals surface area contributed by atoms with Crippen molar-refractivity contribution in [2.45, 2.75) is 0 Å². The van der Waals surface area contributed by atoms with Gasteiger partial charge >= 0.3 is 11.4 Å². The molecule has 25 heavy (non-hydrogen) atoms. The van der Waals surface area contributed by atoms with E-state index in [1.54, 1.807) is 24.4 Å². The van der Waals surface area contributed by atoms with Crippen LogP contribution in [0.5, 0.6) is 5.75 Å². The predicted molar refractivity (Wildman–Crippen MR) is 83.3 cm³/mol. The molecule has 2 aromatic rings. The largest absolute Gasteiger partial charge is 0.497 e. The molecule has 4 N–H and O–H groups in total. The molecule has 0 aliphatic rings. The van der Waals surface area contributed by atoms with Gasteiger partial charge < -0.3 is 10.8 Å². The van der Waals surface area contributed by atoms with E-state index in [2.05, 4.69) is 4.98 Å². The Kier molecular flexibility index (Phi) is 5.98. The Morgan fingerprint density at radius 2 is 1.56 bits per heavy atom. The Morgan fingerprint density at radius 3 is 1.84 bits per heavy atom. The van der Waals surface area contributed by atoms with Crippen LogP contribution < -0.4 is 5.73 Å². The molecule has 1 heterocycles. The SMILES string of the molecule is N=C(N)c1ccccn1.O=[N+]([O-])c1cc([N+](=O)[O-])c(O)c([N+](=O)[O-])c1. The predicted octanol–water partition coefficient (Wildman–Crippen LogP) is 1.48. The number of rotatable bonds is 4. The molecule has 1 aromatic carbocycles. The molecule has 0 fully saturated rings. The third-order valence-corrected chi connectivity index (χ3v) is 2.60. The van der Waals surface area contributed by atoms with E-state index in [4.69, 9.17) is 16.2 Å². The zero-order chi connectivity index (χ0) is 19.1. The number of benzene rings is 1. The van der Waals surface area contributed by atoms with Crippen LogP contribution in [0, 0.1) is 35.8 Å². The van der Waals surface area contributed by atoms with Crippen LogP contribution in [0.25, 0.3) is 0 Å². The summed E-state index contributed by atoms with van der Waals surface area (Å²) >= 11 is 0. The van der Waals surface area contributed by atoms with E-state index in [1.165, 1.54) is 0 Å². The van der Waals surface area contributed by atoms with Gasteiger partial charge in [-0.15, -0.1) is 0 Å². The third-order valence-electron chi connectivity index (χ3n) is 2.60. The van der Waals surface area contributed by atoms with E-state index in [0.717, 1.165) is 0 Å². The highest BCUT2D eigenvalue weighted by atomic mass is 16.6. The number of nitrogens with two attached hydrogens (primary N) is 1. The van der Waals surface area contributed by atoms with Crippen LogP contribution in [0.1, 0.15) is 5.69 Å². The van der Waals surface area contributed by atoms with Crippen LogP contribution in [-0.2, 0) is 0 Å². The van der Waals surface area contributed by atoms with Gasteiger partial charge in [-0.05, 0) is 12.1 Å². The number of aromatic nitrogens is 1. The first-order valence-electron chi connectivity index (χ1n) is 6.20. The van der Waals surface area contributed by atoms with Crippen LogP contribution in [-0.4, -0.2) is 30.7 Å². The number of hydrogen-bond acceptors (Lipinski definition) is 9. The molecule has 0 saturated heterocycles. The molecule has 0 saturated carbocycles. The zero-order valence-electron chi connectivity index (χ0n) is 12.2. The summed E-state index contributed by atoms with van der Waals surface area (Å²) in [6.45, 7) is 0.